The number of allylic oxidation sites excluding steroid dienone is 2. The largest absolute Gasteiger partial charge is 0.508 e. The van der Waals surface area contributed by atoms with E-state index in [0.717, 1.165) is 11.6 Å². The molecule has 0 aliphatic heterocycles. The summed E-state index contributed by atoms with van der Waals surface area (Å²) in [7, 11) is 0. The third kappa shape index (κ3) is 5.78. The van der Waals surface area contributed by atoms with Crippen molar-refractivity contribution in [3.8, 4) is 46.0 Å². The maximum absolute atomic E-state index is 14.2. The molecule has 220 valence electrons. The van der Waals surface area contributed by atoms with Crippen LogP contribution in [0.1, 0.15) is 57.8 Å². The summed E-state index contributed by atoms with van der Waals surface area (Å²) in [6, 6.07) is 14.5. The molecule has 0 bridgehead atoms. The van der Waals surface area contributed by atoms with Crippen LogP contribution in [0.2, 0.25) is 0 Å². The van der Waals surface area contributed by atoms with Crippen molar-refractivity contribution in [2.24, 2.45) is 5.92 Å². The van der Waals surface area contributed by atoms with Gasteiger partial charge in [0.1, 0.15) is 46.0 Å². The van der Waals surface area contributed by atoms with Crippen molar-refractivity contribution in [3.63, 3.8) is 0 Å². The van der Waals surface area contributed by atoms with Gasteiger partial charge in [0.05, 0.1) is 5.56 Å². The lowest BCUT2D eigenvalue weighted by Crippen LogP contribution is -2.31. The monoisotopic (exact) mass is 582 g/mol. The van der Waals surface area contributed by atoms with Gasteiger partial charge in [-0.15, -0.1) is 0 Å². The van der Waals surface area contributed by atoms with E-state index in [0.29, 0.717) is 23.1 Å². The van der Waals surface area contributed by atoms with Crippen molar-refractivity contribution in [1.82, 2.24) is 0 Å². The second kappa shape index (κ2) is 11.4. The lowest BCUT2D eigenvalue weighted by atomic mass is 9.65. The molecular formula is C34H30O9. The molecule has 0 radical (unpaired) electrons. The zero-order valence-corrected chi connectivity index (χ0v) is 23.0. The van der Waals surface area contributed by atoms with Crippen molar-refractivity contribution in [2.75, 3.05) is 0 Å². The van der Waals surface area contributed by atoms with E-state index in [2.05, 4.69) is 0 Å². The number of benzene rings is 4. The molecule has 9 heteroatoms. The Morgan fingerprint density at radius 3 is 1.86 bits per heavy atom. The van der Waals surface area contributed by atoms with Gasteiger partial charge >= 0.3 is 0 Å². The first-order valence-corrected chi connectivity index (χ1v) is 13.4. The molecule has 0 spiro atoms. The Balaban J connectivity index is 1.62. The number of rotatable bonds is 6. The molecule has 1 aliphatic rings. The topological polar surface area (TPSA) is 179 Å². The summed E-state index contributed by atoms with van der Waals surface area (Å²) in [5.41, 5.74) is 1.92. The molecule has 0 saturated heterocycles. The zero-order valence-electron chi connectivity index (χ0n) is 23.0. The van der Waals surface area contributed by atoms with E-state index in [-0.39, 0.29) is 51.4 Å². The number of hydrogen-bond acceptors (Lipinski definition) is 9. The van der Waals surface area contributed by atoms with E-state index in [1.54, 1.807) is 12.2 Å². The highest BCUT2D eigenvalue weighted by Crippen LogP contribution is 2.52. The summed E-state index contributed by atoms with van der Waals surface area (Å²) in [6.07, 6.45) is 5.16. The third-order valence-electron chi connectivity index (χ3n) is 7.75. The van der Waals surface area contributed by atoms with Gasteiger partial charge < -0.3 is 40.9 Å². The molecule has 3 atom stereocenters. The molecule has 0 amide bonds. The number of carbonyl (C=O) groups excluding carboxylic acids is 1. The van der Waals surface area contributed by atoms with Crippen LogP contribution in [0.4, 0.5) is 0 Å². The minimum atomic E-state index is -1.04. The Bertz CT molecular complexity index is 1760. The highest BCUT2D eigenvalue weighted by molar-refractivity contribution is 6.02. The number of hydrogen-bond donors (Lipinski definition) is 8. The fourth-order valence-electron chi connectivity index (χ4n) is 5.81. The second-order valence-corrected chi connectivity index (χ2v) is 10.7. The lowest BCUT2D eigenvalue weighted by Gasteiger charge is -2.37. The van der Waals surface area contributed by atoms with E-state index in [1.807, 2.05) is 6.92 Å². The van der Waals surface area contributed by atoms with Crippen LogP contribution in [0.25, 0.3) is 12.2 Å². The van der Waals surface area contributed by atoms with Gasteiger partial charge in [-0.05, 0) is 66.9 Å². The van der Waals surface area contributed by atoms with Crippen LogP contribution in [0.5, 0.6) is 46.0 Å². The third-order valence-corrected chi connectivity index (χ3v) is 7.75. The van der Waals surface area contributed by atoms with Gasteiger partial charge in [0, 0.05) is 47.1 Å². The standard InChI is InChI=1S/C34H30O9/c1-17-10-25(23-8-6-21(36)15-28(23)39)32(34(43)24-9-7-22(37)16-29(24)40)26(11-17)33-30(41)12-18(13-31(33)42)2-3-19-4-5-20(35)14-27(19)38/h2-9,11-16,25-26,32,35-42H,10H2,1H3/b3-2+/t25-,26-,32-/m0/s1. The minimum absolute atomic E-state index is 0.0589. The molecule has 8 N–H and O–H groups in total. The smallest absolute Gasteiger partial charge is 0.171 e. The van der Waals surface area contributed by atoms with Crippen molar-refractivity contribution in [1.29, 1.82) is 0 Å². The quantitative estimate of drug-likeness (QED) is 0.0744. The Morgan fingerprint density at radius 2 is 1.26 bits per heavy atom. The van der Waals surface area contributed by atoms with Crippen LogP contribution in [-0.4, -0.2) is 46.6 Å². The molecule has 0 saturated carbocycles. The summed E-state index contributed by atoms with van der Waals surface area (Å²) in [5.74, 6) is -5.17. The summed E-state index contributed by atoms with van der Waals surface area (Å²) >= 11 is 0. The summed E-state index contributed by atoms with van der Waals surface area (Å²) in [6.45, 7) is 1.82. The fourth-order valence-corrected chi connectivity index (χ4v) is 5.81. The molecule has 5 rings (SSSR count). The Morgan fingerprint density at radius 1 is 0.674 bits per heavy atom. The number of carbonyl (C=O) groups is 1. The summed E-state index contributed by atoms with van der Waals surface area (Å²) in [5, 5.41) is 83.1. The lowest BCUT2D eigenvalue weighted by molar-refractivity contribution is 0.0876. The first-order valence-electron chi connectivity index (χ1n) is 13.4. The highest BCUT2D eigenvalue weighted by Gasteiger charge is 2.43. The molecule has 1 aliphatic carbocycles. The maximum Gasteiger partial charge on any atom is 0.171 e. The summed E-state index contributed by atoms with van der Waals surface area (Å²) < 4.78 is 0. The van der Waals surface area contributed by atoms with Crippen molar-refractivity contribution < 1.29 is 45.6 Å². The Labute approximate surface area is 246 Å². The zero-order chi connectivity index (χ0) is 31.0. The van der Waals surface area contributed by atoms with Gasteiger partial charge in [-0.2, -0.15) is 0 Å². The van der Waals surface area contributed by atoms with Crippen LogP contribution in [0.15, 0.2) is 78.4 Å². The molecule has 4 aromatic rings. The van der Waals surface area contributed by atoms with E-state index in [1.165, 1.54) is 66.7 Å². The highest BCUT2D eigenvalue weighted by atomic mass is 16.3. The van der Waals surface area contributed by atoms with Gasteiger partial charge in [0.15, 0.2) is 5.78 Å². The van der Waals surface area contributed by atoms with Gasteiger partial charge in [-0.3, -0.25) is 4.79 Å². The average molecular weight is 583 g/mol. The molecule has 0 aromatic heterocycles. The van der Waals surface area contributed by atoms with E-state index in [9.17, 15) is 45.6 Å². The molecular weight excluding hydrogens is 552 g/mol. The number of Topliss-reactive ketones (excluding diaryl/α,β-unsaturated/α-hetero) is 1. The van der Waals surface area contributed by atoms with Gasteiger partial charge in [0.2, 0.25) is 0 Å². The molecule has 4 aromatic carbocycles. The van der Waals surface area contributed by atoms with E-state index >= 15 is 0 Å². The van der Waals surface area contributed by atoms with Crippen LogP contribution in [0, 0.1) is 5.92 Å². The van der Waals surface area contributed by atoms with E-state index in [4.69, 9.17) is 0 Å². The average Bonchev–Trinajstić information content (AvgIpc) is 2.91. The van der Waals surface area contributed by atoms with Crippen molar-refractivity contribution in [3.05, 3.63) is 106 Å². The van der Waals surface area contributed by atoms with Crippen LogP contribution >= 0.6 is 0 Å². The Hall–Kier alpha value is -5.57. The number of ketones is 1. The predicted molar refractivity (Wildman–Crippen MR) is 160 cm³/mol. The van der Waals surface area contributed by atoms with Crippen LogP contribution in [-0.2, 0) is 0 Å². The molecule has 9 nitrogen and oxygen atoms in total. The van der Waals surface area contributed by atoms with E-state index < -0.39 is 29.3 Å². The van der Waals surface area contributed by atoms with Gasteiger partial charge in [0.25, 0.3) is 0 Å². The van der Waals surface area contributed by atoms with Crippen LogP contribution < -0.4 is 0 Å². The first-order chi connectivity index (χ1) is 20.4. The molecule has 0 unspecified atom stereocenters. The number of aromatic hydroxyl groups is 8. The molecule has 43 heavy (non-hydrogen) atoms. The number of phenolic OH excluding ortho intramolecular Hbond substituents is 8. The fraction of sp³-hybridized carbons (Fsp3) is 0.147. The van der Waals surface area contributed by atoms with Crippen molar-refractivity contribution >= 4 is 17.9 Å². The minimum Gasteiger partial charge on any atom is -0.508 e. The molecule has 0 heterocycles. The second-order valence-electron chi connectivity index (χ2n) is 10.7. The SMILES string of the molecule is CC1=C[C@H](c2c(O)cc(/C=C/c3ccc(O)cc3O)cc2O)[C@@H](C(=O)c2ccc(O)cc2O)[C@H](c2ccc(O)cc2O)C1. The van der Waals surface area contributed by atoms with Gasteiger partial charge in [-0.1, -0.05) is 29.9 Å². The Kier molecular flexibility index (Phi) is 7.65. The van der Waals surface area contributed by atoms with Gasteiger partial charge in [-0.25, -0.2) is 0 Å². The number of phenols is 8. The van der Waals surface area contributed by atoms with Crippen molar-refractivity contribution in [2.45, 2.75) is 25.2 Å². The first kappa shape index (κ1) is 28.9. The predicted octanol–water partition coefficient (Wildman–Crippen LogP) is 6.22. The maximum atomic E-state index is 14.2. The molecule has 0 fully saturated rings. The normalized spacial score (nSPS) is 18.4. The summed E-state index contributed by atoms with van der Waals surface area (Å²) in [4.78, 5) is 14.2. The van der Waals surface area contributed by atoms with Crippen LogP contribution in [0.3, 0.4) is 0 Å².